The van der Waals surface area contributed by atoms with E-state index in [2.05, 4.69) is 10.3 Å². The summed E-state index contributed by atoms with van der Waals surface area (Å²) < 4.78 is 0. The summed E-state index contributed by atoms with van der Waals surface area (Å²) >= 11 is 6.07. The number of benzene rings is 3. The third kappa shape index (κ3) is 4.66. The Bertz CT molecular complexity index is 1470. The molecule has 0 radical (unpaired) electrons. The summed E-state index contributed by atoms with van der Waals surface area (Å²) in [5.41, 5.74) is 2.42. The van der Waals surface area contributed by atoms with Gasteiger partial charge in [0.2, 0.25) is 0 Å². The number of pyridine rings is 1. The van der Waals surface area contributed by atoms with Crippen LogP contribution in [0.1, 0.15) is 38.8 Å². The number of nitrogens with zero attached hydrogens (tertiary/aromatic N) is 2. The zero-order valence-electron chi connectivity index (χ0n) is 19.0. The van der Waals surface area contributed by atoms with Gasteiger partial charge in [-0.1, -0.05) is 48.0 Å². The minimum absolute atomic E-state index is 0.0433. The number of ketones is 1. The van der Waals surface area contributed by atoms with Crippen molar-refractivity contribution in [1.29, 1.82) is 0 Å². The van der Waals surface area contributed by atoms with Crippen LogP contribution in [0, 0.1) is 0 Å². The zero-order chi connectivity index (χ0) is 24.5. The van der Waals surface area contributed by atoms with Crippen molar-refractivity contribution in [3.63, 3.8) is 0 Å². The second-order valence-electron chi connectivity index (χ2n) is 8.62. The number of carbonyl (C=O) groups excluding carboxylic acids is 3. The fourth-order valence-electron chi connectivity index (χ4n) is 4.26. The Morgan fingerprint density at radius 3 is 2.54 bits per heavy atom. The summed E-state index contributed by atoms with van der Waals surface area (Å²) in [6.07, 6.45) is 1.89. The van der Waals surface area contributed by atoms with Crippen LogP contribution in [0.3, 0.4) is 0 Å². The molecular weight excluding hydrogens is 462 g/mol. The minimum Gasteiger partial charge on any atom is -0.325 e. The highest BCUT2D eigenvalue weighted by Gasteiger charge is 2.32. The van der Waals surface area contributed by atoms with Crippen LogP contribution in [0.25, 0.3) is 10.8 Å². The maximum Gasteiger partial charge on any atom is 0.256 e. The first kappa shape index (κ1) is 22.7. The van der Waals surface area contributed by atoms with Crippen molar-refractivity contribution in [2.45, 2.75) is 25.9 Å². The summed E-state index contributed by atoms with van der Waals surface area (Å²) in [5, 5.41) is 5.31. The molecule has 6 nitrogen and oxygen atoms in total. The van der Waals surface area contributed by atoms with Crippen molar-refractivity contribution >= 4 is 45.8 Å². The fraction of sp³-hybridized carbons (Fsp3) is 0.143. The van der Waals surface area contributed by atoms with Crippen LogP contribution >= 0.6 is 11.6 Å². The highest BCUT2D eigenvalue weighted by molar-refractivity contribution is 6.30. The van der Waals surface area contributed by atoms with Gasteiger partial charge < -0.3 is 10.2 Å². The van der Waals surface area contributed by atoms with Gasteiger partial charge in [0, 0.05) is 40.7 Å². The Morgan fingerprint density at radius 1 is 1.03 bits per heavy atom. The number of carbonyl (C=O) groups is 3. The largest absolute Gasteiger partial charge is 0.325 e. The van der Waals surface area contributed by atoms with Crippen molar-refractivity contribution in [2.24, 2.45) is 0 Å². The lowest BCUT2D eigenvalue weighted by Gasteiger charge is -2.26. The van der Waals surface area contributed by atoms with E-state index >= 15 is 0 Å². The van der Waals surface area contributed by atoms with Crippen molar-refractivity contribution < 1.29 is 14.4 Å². The quantitative estimate of drug-likeness (QED) is 0.427. The van der Waals surface area contributed by atoms with Gasteiger partial charge in [-0.25, -0.2) is 4.98 Å². The molecule has 0 saturated carbocycles. The van der Waals surface area contributed by atoms with Crippen molar-refractivity contribution in [1.82, 2.24) is 9.88 Å². The van der Waals surface area contributed by atoms with Crippen molar-refractivity contribution in [3.05, 3.63) is 106 Å². The van der Waals surface area contributed by atoms with Crippen LogP contribution in [-0.4, -0.2) is 33.5 Å². The van der Waals surface area contributed by atoms with Crippen LogP contribution in [0.2, 0.25) is 5.02 Å². The highest BCUT2D eigenvalue weighted by Crippen LogP contribution is 2.25. The van der Waals surface area contributed by atoms with Crippen LogP contribution in [0.4, 0.5) is 5.82 Å². The van der Waals surface area contributed by atoms with E-state index in [0.29, 0.717) is 27.5 Å². The van der Waals surface area contributed by atoms with Crippen LogP contribution in [-0.2, 0) is 17.8 Å². The molecule has 1 aliphatic rings. The Hall–Kier alpha value is -4.03. The third-order valence-corrected chi connectivity index (χ3v) is 6.53. The summed E-state index contributed by atoms with van der Waals surface area (Å²) in [6, 6.07) is 21.1. The number of hydrogen-bond acceptors (Lipinski definition) is 4. The van der Waals surface area contributed by atoms with Gasteiger partial charge in [0.25, 0.3) is 11.8 Å². The molecule has 0 bridgehead atoms. The molecule has 0 spiro atoms. The monoisotopic (exact) mass is 483 g/mol. The number of fused-ring (bicyclic) bond motifs is 2. The predicted octanol–water partition coefficient (Wildman–Crippen LogP) is 5.30. The normalized spacial score (nSPS) is 15.6. The van der Waals surface area contributed by atoms with Crippen LogP contribution < -0.4 is 5.32 Å². The SMILES string of the molecule is C[C@@H]1C(=O)Cc2cc(Cl)ccc2C(=O)N1Cc1ccc(C(=O)Nc2cc3ccccc3cn2)cc1. The fourth-order valence-corrected chi connectivity index (χ4v) is 4.46. The topological polar surface area (TPSA) is 79.4 Å². The number of nitrogens with one attached hydrogen (secondary N) is 1. The number of rotatable bonds is 4. The predicted molar refractivity (Wildman–Crippen MR) is 136 cm³/mol. The summed E-state index contributed by atoms with van der Waals surface area (Å²) in [7, 11) is 0. The number of halogens is 1. The Labute approximate surface area is 207 Å². The molecule has 5 rings (SSSR count). The third-order valence-electron chi connectivity index (χ3n) is 6.30. The molecule has 1 aliphatic heterocycles. The van der Waals surface area contributed by atoms with Gasteiger partial charge in [-0.3, -0.25) is 14.4 Å². The number of aromatic nitrogens is 1. The molecule has 1 N–H and O–H groups in total. The van der Waals surface area contributed by atoms with E-state index in [-0.39, 0.29) is 30.6 Å². The molecule has 1 aromatic heterocycles. The number of Topliss-reactive ketones (excluding diaryl/α,β-unsaturated/α-hetero) is 1. The molecule has 7 heteroatoms. The summed E-state index contributed by atoms with van der Waals surface area (Å²) in [5.74, 6) is -0.0592. The van der Waals surface area contributed by atoms with Gasteiger partial charge in [0.1, 0.15) is 5.82 Å². The number of hydrogen-bond donors (Lipinski definition) is 1. The number of amides is 2. The van der Waals surface area contributed by atoms with E-state index in [4.69, 9.17) is 11.6 Å². The summed E-state index contributed by atoms with van der Waals surface area (Å²) in [4.78, 5) is 44.6. The van der Waals surface area contributed by atoms with Crippen LogP contribution in [0.5, 0.6) is 0 Å². The molecule has 0 saturated heterocycles. The van der Waals surface area contributed by atoms with Crippen LogP contribution in [0.15, 0.2) is 79.0 Å². The van der Waals surface area contributed by atoms with Crippen molar-refractivity contribution in [2.75, 3.05) is 5.32 Å². The van der Waals surface area contributed by atoms with E-state index < -0.39 is 6.04 Å². The zero-order valence-corrected chi connectivity index (χ0v) is 19.8. The molecule has 0 fully saturated rings. The van der Waals surface area contributed by atoms with Gasteiger partial charge in [0.15, 0.2) is 5.78 Å². The van der Waals surface area contributed by atoms with E-state index in [9.17, 15) is 14.4 Å². The summed E-state index contributed by atoms with van der Waals surface area (Å²) in [6.45, 7) is 1.99. The molecule has 1 atom stereocenters. The van der Waals surface area contributed by atoms with Gasteiger partial charge >= 0.3 is 0 Å². The molecule has 2 heterocycles. The molecule has 0 unspecified atom stereocenters. The Kier molecular flexibility index (Phi) is 6.05. The average molecular weight is 484 g/mol. The lowest BCUT2D eigenvalue weighted by molar-refractivity contribution is -0.122. The molecule has 3 aromatic carbocycles. The Balaban J connectivity index is 1.32. The van der Waals surface area contributed by atoms with E-state index in [1.54, 1.807) is 60.5 Å². The molecule has 174 valence electrons. The first-order chi connectivity index (χ1) is 16.9. The minimum atomic E-state index is -0.573. The standard InChI is InChI=1S/C28H22ClN3O3/c1-17-25(33)13-22-12-23(29)10-11-24(22)28(35)32(17)16-18-6-8-19(9-7-18)27(34)31-26-14-20-4-2-3-5-21(20)15-30-26/h2-12,14-15,17H,13,16H2,1H3,(H,30,31,34)/t17-/m1/s1. The maximum absolute atomic E-state index is 13.2. The van der Waals surface area contributed by atoms with Gasteiger partial charge in [-0.15, -0.1) is 0 Å². The smallest absolute Gasteiger partial charge is 0.256 e. The molecular formula is C28H22ClN3O3. The van der Waals surface area contributed by atoms with Gasteiger partial charge in [-0.2, -0.15) is 0 Å². The first-order valence-electron chi connectivity index (χ1n) is 11.3. The van der Waals surface area contributed by atoms with Crippen molar-refractivity contribution in [3.8, 4) is 0 Å². The molecule has 2 amide bonds. The van der Waals surface area contributed by atoms with E-state index in [0.717, 1.165) is 16.3 Å². The highest BCUT2D eigenvalue weighted by atomic mass is 35.5. The van der Waals surface area contributed by atoms with E-state index in [1.807, 2.05) is 30.3 Å². The van der Waals surface area contributed by atoms with Gasteiger partial charge in [-0.05, 0) is 59.8 Å². The molecule has 35 heavy (non-hydrogen) atoms. The lowest BCUT2D eigenvalue weighted by Crippen LogP contribution is -2.41. The number of anilines is 1. The maximum atomic E-state index is 13.2. The van der Waals surface area contributed by atoms with E-state index in [1.165, 1.54) is 0 Å². The average Bonchev–Trinajstić information content (AvgIpc) is 2.94. The van der Waals surface area contributed by atoms with Gasteiger partial charge in [0.05, 0.1) is 6.04 Å². The second-order valence-corrected chi connectivity index (χ2v) is 9.06. The Morgan fingerprint density at radius 2 is 1.77 bits per heavy atom. The molecule has 0 aliphatic carbocycles. The lowest BCUT2D eigenvalue weighted by atomic mass is 10.0. The molecule has 4 aromatic rings. The second kappa shape index (κ2) is 9.31. The first-order valence-corrected chi connectivity index (χ1v) is 11.6.